The van der Waals surface area contributed by atoms with Gasteiger partial charge < -0.3 is 4.90 Å². The number of hydrogen-bond donors (Lipinski definition) is 1. The summed E-state index contributed by atoms with van der Waals surface area (Å²) in [7, 11) is 0. The van der Waals surface area contributed by atoms with E-state index in [2.05, 4.69) is 5.43 Å². The fourth-order valence-corrected chi connectivity index (χ4v) is 3.76. The first-order valence-corrected chi connectivity index (χ1v) is 9.01. The first-order valence-electron chi connectivity index (χ1n) is 9.01. The minimum atomic E-state index is -0.558. The van der Waals surface area contributed by atoms with Gasteiger partial charge >= 0.3 is 6.03 Å². The molecule has 2 atom stereocenters. The van der Waals surface area contributed by atoms with E-state index in [9.17, 15) is 14.4 Å². The summed E-state index contributed by atoms with van der Waals surface area (Å²) in [5.74, 6) is -0.371. The van der Waals surface area contributed by atoms with E-state index in [1.807, 2.05) is 30.3 Å². The van der Waals surface area contributed by atoms with Crippen LogP contribution in [0.25, 0.3) is 0 Å². The quantitative estimate of drug-likeness (QED) is 0.853. The molecule has 0 spiro atoms. The molecule has 138 valence electrons. The predicted octanol–water partition coefficient (Wildman–Crippen LogP) is 1.04. The smallest absolute Gasteiger partial charge is 0.309 e. The Morgan fingerprint density at radius 3 is 2.73 bits per heavy atom. The van der Waals surface area contributed by atoms with Crippen LogP contribution in [-0.4, -0.2) is 58.0 Å². The van der Waals surface area contributed by atoms with Crippen LogP contribution in [0.15, 0.2) is 30.3 Å². The molecule has 3 aliphatic rings. The Hall–Kier alpha value is -2.61. The molecule has 8 heteroatoms. The van der Waals surface area contributed by atoms with Crippen molar-refractivity contribution >= 4 is 17.8 Å². The molecule has 26 heavy (non-hydrogen) atoms. The molecule has 1 aromatic carbocycles. The number of nitrogens with zero attached hydrogens (tertiary/aromatic N) is 3. The summed E-state index contributed by atoms with van der Waals surface area (Å²) in [5, 5.41) is 2.76. The van der Waals surface area contributed by atoms with E-state index in [1.165, 1.54) is 10.1 Å². The van der Waals surface area contributed by atoms with Gasteiger partial charge in [0.05, 0.1) is 6.04 Å². The van der Waals surface area contributed by atoms with Gasteiger partial charge in [0.25, 0.3) is 5.91 Å². The minimum Gasteiger partial charge on any atom is -0.309 e. The fourth-order valence-electron chi connectivity index (χ4n) is 3.76. The van der Waals surface area contributed by atoms with Crippen molar-refractivity contribution in [2.75, 3.05) is 13.1 Å². The second-order valence-electron chi connectivity index (χ2n) is 6.89. The number of hydroxylamine groups is 2. The first kappa shape index (κ1) is 16.8. The average molecular weight is 358 g/mol. The fraction of sp³-hybridized carbons (Fsp3) is 0.500. The van der Waals surface area contributed by atoms with Crippen molar-refractivity contribution in [3.05, 3.63) is 35.9 Å². The molecule has 3 heterocycles. The number of benzene rings is 1. The Bertz CT molecular complexity index is 710. The summed E-state index contributed by atoms with van der Waals surface area (Å²) in [6.45, 7) is 1.32. The maximum atomic E-state index is 12.7. The number of carbonyl (C=O) groups is 3. The van der Waals surface area contributed by atoms with E-state index < -0.39 is 6.04 Å². The van der Waals surface area contributed by atoms with Crippen molar-refractivity contribution in [2.45, 2.75) is 44.4 Å². The second-order valence-corrected chi connectivity index (χ2v) is 6.89. The van der Waals surface area contributed by atoms with Gasteiger partial charge in [0, 0.05) is 19.5 Å². The molecular formula is C18H22N4O4. The molecule has 3 aliphatic heterocycles. The zero-order valence-corrected chi connectivity index (χ0v) is 14.5. The minimum absolute atomic E-state index is 0.0383. The number of urea groups is 1. The van der Waals surface area contributed by atoms with Crippen LogP contribution in [-0.2, 0) is 21.0 Å². The number of carbonyl (C=O) groups excluding carboxylic acids is 3. The lowest BCUT2D eigenvalue weighted by molar-refractivity contribution is -0.141. The summed E-state index contributed by atoms with van der Waals surface area (Å²) in [4.78, 5) is 44.2. The summed E-state index contributed by atoms with van der Waals surface area (Å²) in [6.07, 6.45) is 2.46. The molecule has 4 amide bonds. The van der Waals surface area contributed by atoms with E-state index in [1.54, 1.807) is 4.90 Å². The van der Waals surface area contributed by atoms with E-state index in [4.69, 9.17) is 4.84 Å². The number of nitrogens with one attached hydrogen (secondary N) is 1. The molecule has 4 rings (SSSR count). The lowest BCUT2D eigenvalue weighted by atomic mass is 10.0. The van der Waals surface area contributed by atoms with Gasteiger partial charge in [0.15, 0.2) is 0 Å². The Morgan fingerprint density at radius 1 is 1.19 bits per heavy atom. The Kier molecular flexibility index (Phi) is 4.50. The molecular weight excluding hydrogens is 336 g/mol. The maximum absolute atomic E-state index is 12.7. The summed E-state index contributed by atoms with van der Waals surface area (Å²) in [5.41, 5.74) is 3.65. The van der Waals surface area contributed by atoms with Crippen molar-refractivity contribution in [1.29, 1.82) is 0 Å². The highest BCUT2D eigenvalue weighted by Gasteiger charge is 2.48. The molecule has 2 bridgehead atoms. The van der Waals surface area contributed by atoms with Gasteiger partial charge in [-0.25, -0.2) is 4.79 Å². The van der Waals surface area contributed by atoms with Gasteiger partial charge in [-0.05, 0) is 24.8 Å². The van der Waals surface area contributed by atoms with Crippen LogP contribution in [0.4, 0.5) is 4.79 Å². The van der Waals surface area contributed by atoms with E-state index in [0.29, 0.717) is 39.0 Å². The van der Waals surface area contributed by atoms with Gasteiger partial charge in [0.2, 0.25) is 5.91 Å². The van der Waals surface area contributed by atoms with Crippen LogP contribution < -0.4 is 5.43 Å². The van der Waals surface area contributed by atoms with Crippen molar-refractivity contribution in [3.8, 4) is 0 Å². The zero-order valence-electron chi connectivity index (χ0n) is 14.5. The number of hydrazine groups is 1. The van der Waals surface area contributed by atoms with Crippen molar-refractivity contribution in [1.82, 2.24) is 20.4 Å². The Morgan fingerprint density at radius 2 is 2.00 bits per heavy atom. The second kappa shape index (κ2) is 6.95. The van der Waals surface area contributed by atoms with Gasteiger partial charge in [-0.3, -0.25) is 24.9 Å². The zero-order chi connectivity index (χ0) is 18.1. The summed E-state index contributed by atoms with van der Waals surface area (Å²) in [6, 6.07) is 8.78. The third kappa shape index (κ3) is 3.12. The topological polar surface area (TPSA) is 82.2 Å². The monoisotopic (exact) mass is 358 g/mol. The first-order chi connectivity index (χ1) is 12.6. The molecule has 2 unspecified atom stereocenters. The summed E-state index contributed by atoms with van der Waals surface area (Å²) < 4.78 is 0. The van der Waals surface area contributed by atoms with Crippen LogP contribution in [0.2, 0.25) is 0 Å². The van der Waals surface area contributed by atoms with Crippen LogP contribution in [0.5, 0.6) is 0 Å². The molecule has 3 saturated heterocycles. The van der Waals surface area contributed by atoms with E-state index in [0.717, 1.165) is 12.0 Å². The maximum Gasteiger partial charge on any atom is 0.345 e. The summed E-state index contributed by atoms with van der Waals surface area (Å²) >= 11 is 0. The number of amides is 4. The van der Waals surface area contributed by atoms with Crippen molar-refractivity contribution in [2.24, 2.45) is 0 Å². The third-order valence-corrected chi connectivity index (χ3v) is 5.16. The number of rotatable bonds is 5. The van der Waals surface area contributed by atoms with Crippen LogP contribution >= 0.6 is 0 Å². The Balaban J connectivity index is 1.38. The molecule has 0 saturated carbocycles. The van der Waals surface area contributed by atoms with Gasteiger partial charge in [-0.15, -0.1) is 0 Å². The molecule has 0 radical (unpaired) electrons. The molecule has 3 fully saturated rings. The van der Waals surface area contributed by atoms with E-state index >= 15 is 0 Å². The van der Waals surface area contributed by atoms with Crippen LogP contribution in [0.1, 0.15) is 31.2 Å². The van der Waals surface area contributed by atoms with Crippen LogP contribution in [0, 0.1) is 0 Å². The lowest BCUT2D eigenvalue weighted by Crippen LogP contribution is -2.54. The highest BCUT2D eigenvalue weighted by atomic mass is 16.7. The molecule has 1 aromatic rings. The largest absolute Gasteiger partial charge is 0.345 e. The van der Waals surface area contributed by atoms with Crippen molar-refractivity contribution in [3.63, 3.8) is 0 Å². The molecule has 0 aliphatic carbocycles. The number of piperidine rings is 1. The van der Waals surface area contributed by atoms with E-state index in [-0.39, 0.29) is 23.9 Å². The predicted molar refractivity (Wildman–Crippen MR) is 91.1 cm³/mol. The molecule has 0 aromatic heterocycles. The highest BCUT2D eigenvalue weighted by Crippen LogP contribution is 2.30. The Labute approximate surface area is 151 Å². The van der Waals surface area contributed by atoms with Gasteiger partial charge in [0.1, 0.15) is 12.6 Å². The molecule has 8 nitrogen and oxygen atoms in total. The third-order valence-electron chi connectivity index (χ3n) is 5.16. The van der Waals surface area contributed by atoms with Crippen molar-refractivity contribution < 1.29 is 19.2 Å². The van der Waals surface area contributed by atoms with Gasteiger partial charge in [-0.2, -0.15) is 5.06 Å². The van der Waals surface area contributed by atoms with Gasteiger partial charge in [-0.1, -0.05) is 30.3 Å². The average Bonchev–Trinajstić information content (AvgIpc) is 3.16. The lowest BCUT2D eigenvalue weighted by Gasteiger charge is -2.30. The number of hydrogen-bond acceptors (Lipinski definition) is 4. The number of fused-ring (bicyclic) bond motifs is 2. The standard InChI is InChI=1S/C18H22N4O4/c23-16-7-4-10-21(16)19-17(24)15-9-8-14-11-20(15)18(25)22(14)26-12-13-5-2-1-3-6-13/h1-3,5-6,14-15H,4,7-12H2,(H,19,24). The SMILES string of the molecule is O=C(NN1CCCC1=O)C1CCC2CN1C(=O)N2OCc1ccccc1. The van der Waals surface area contributed by atoms with Crippen LogP contribution in [0.3, 0.4) is 0 Å². The highest BCUT2D eigenvalue weighted by molar-refractivity contribution is 5.90. The normalized spacial score (nSPS) is 25.2. The molecule has 1 N–H and O–H groups in total.